The highest BCUT2D eigenvalue weighted by atomic mass is 16.5. The van der Waals surface area contributed by atoms with E-state index in [1.807, 2.05) is 0 Å². The first-order valence-electron chi connectivity index (χ1n) is 10.1. The lowest BCUT2D eigenvalue weighted by Gasteiger charge is -2.39. The second-order valence-electron chi connectivity index (χ2n) is 7.82. The van der Waals surface area contributed by atoms with E-state index in [1.165, 1.54) is 36.1 Å². The van der Waals surface area contributed by atoms with Gasteiger partial charge in [-0.3, -0.25) is 19.3 Å². The number of nitrogens with zero attached hydrogens (tertiary/aromatic N) is 3. The normalized spacial score (nSPS) is 19.2. The second kappa shape index (κ2) is 8.66. The Morgan fingerprint density at radius 2 is 1.67 bits per heavy atom. The van der Waals surface area contributed by atoms with Crippen molar-refractivity contribution < 1.29 is 23.9 Å². The smallest absolute Gasteiger partial charge is 0.338 e. The van der Waals surface area contributed by atoms with Crippen molar-refractivity contribution in [1.82, 2.24) is 4.90 Å². The maximum absolute atomic E-state index is 12.8. The zero-order valence-electron chi connectivity index (χ0n) is 17.2. The fraction of sp³-hybridized carbons (Fsp3) is 0.500. The van der Waals surface area contributed by atoms with Crippen molar-refractivity contribution in [3.05, 3.63) is 29.8 Å². The number of anilines is 1. The Hall–Kier alpha value is -3.21. The van der Waals surface area contributed by atoms with Gasteiger partial charge >= 0.3 is 5.97 Å². The monoisotopic (exact) mass is 411 g/mol. The molecule has 1 atom stereocenters. The Labute approximate surface area is 175 Å². The molecule has 8 heteroatoms. The van der Waals surface area contributed by atoms with E-state index in [2.05, 4.69) is 6.07 Å². The molecule has 3 amide bonds. The third-order valence-corrected chi connectivity index (χ3v) is 5.91. The van der Waals surface area contributed by atoms with Crippen LogP contribution in [-0.4, -0.2) is 47.3 Å². The third kappa shape index (κ3) is 4.06. The minimum atomic E-state index is -1.05. The molecule has 158 valence electrons. The number of esters is 1. The number of nitriles is 1. The van der Waals surface area contributed by atoms with Crippen molar-refractivity contribution in [2.45, 2.75) is 63.5 Å². The molecule has 8 nitrogen and oxygen atoms in total. The molecule has 1 aromatic rings. The Kier molecular flexibility index (Phi) is 6.20. The first-order valence-corrected chi connectivity index (χ1v) is 10.1. The SMILES string of the molecule is C[C@@H](OC(=O)c1ccc(N2C(=O)CCC2=O)cc1)C(=O)N(C)C1(C#N)CCCCC1. The van der Waals surface area contributed by atoms with Gasteiger partial charge in [0.2, 0.25) is 11.8 Å². The van der Waals surface area contributed by atoms with Gasteiger partial charge < -0.3 is 9.64 Å². The van der Waals surface area contributed by atoms with Crippen LogP contribution in [0.3, 0.4) is 0 Å². The summed E-state index contributed by atoms with van der Waals surface area (Å²) in [6, 6.07) is 8.20. The number of hydrogen-bond donors (Lipinski definition) is 0. The van der Waals surface area contributed by atoms with E-state index in [1.54, 1.807) is 7.05 Å². The van der Waals surface area contributed by atoms with Crippen LogP contribution in [-0.2, 0) is 19.1 Å². The van der Waals surface area contributed by atoms with Crippen LogP contribution in [0.15, 0.2) is 24.3 Å². The number of carbonyl (C=O) groups is 4. The van der Waals surface area contributed by atoms with Crippen molar-refractivity contribution in [2.75, 3.05) is 11.9 Å². The fourth-order valence-electron chi connectivity index (χ4n) is 4.03. The summed E-state index contributed by atoms with van der Waals surface area (Å²) in [5.74, 6) is -1.65. The minimum absolute atomic E-state index is 0.181. The summed E-state index contributed by atoms with van der Waals surface area (Å²) in [6.45, 7) is 1.49. The quantitative estimate of drug-likeness (QED) is 0.544. The molecule has 1 saturated carbocycles. The van der Waals surface area contributed by atoms with E-state index in [9.17, 15) is 24.4 Å². The molecule has 0 N–H and O–H groups in total. The highest BCUT2D eigenvalue weighted by Gasteiger charge is 2.40. The summed E-state index contributed by atoms with van der Waals surface area (Å²) in [5, 5.41) is 9.65. The molecule has 0 spiro atoms. The summed E-state index contributed by atoms with van der Waals surface area (Å²) >= 11 is 0. The van der Waals surface area contributed by atoms with Crippen molar-refractivity contribution in [3.8, 4) is 6.07 Å². The van der Waals surface area contributed by atoms with Crippen molar-refractivity contribution in [1.29, 1.82) is 5.26 Å². The Balaban J connectivity index is 1.65. The van der Waals surface area contributed by atoms with Crippen LogP contribution in [0.5, 0.6) is 0 Å². The van der Waals surface area contributed by atoms with Gasteiger partial charge in [-0.05, 0) is 44.0 Å². The Morgan fingerprint density at radius 3 is 2.20 bits per heavy atom. The fourth-order valence-corrected chi connectivity index (χ4v) is 4.03. The molecule has 1 aliphatic heterocycles. The van der Waals surface area contributed by atoms with E-state index < -0.39 is 23.5 Å². The van der Waals surface area contributed by atoms with Crippen molar-refractivity contribution in [3.63, 3.8) is 0 Å². The first kappa shape index (κ1) is 21.5. The summed E-state index contributed by atoms with van der Waals surface area (Å²) in [4.78, 5) is 51.4. The maximum Gasteiger partial charge on any atom is 0.338 e. The number of amides is 3. The lowest BCUT2D eigenvalue weighted by Crippen LogP contribution is -2.53. The second-order valence-corrected chi connectivity index (χ2v) is 7.82. The van der Waals surface area contributed by atoms with Gasteiger partial charge in [-0.2, -0.15) is 5.26 Å². The predicted molar refractivity (Wildman–Crippen MR) is 107 cm³/mol. The molecule has 1 aliphatic carbocycles. The number of imide groups is 1. The average molecular weight is 411 g/mol. The minimum Gasteiger partial charge on any atom is -0.449 e. The molecule has 30 heavy (non-hydrogen) atoms. The number of benzene rings is 1. The maximum atomic E-state index is 12.8. The Bertz CT molecular complexity index is 880. The lowest BCUT2D eigenvalue weighted by atomic mass is 9.81. The molecule has 0 aromatic heterocycles. The van der Waals surface area contributed by atoms with Gasteiger partial charge in [0.1, 0.15) is 5.54 Å². The summed E-state index contributed by atoms with van der Waals surface area (Å²) in [6.07, 6.45) is 3.35. The average Bonchev–Trinajstić information content (AvgIpc) is 3.11. The van der Waals surface area contributed by atoms with E-state index in [0.717, 1.165) is 24.2 Å². The van der Waals surface area contributed by atoms with E-state index >= 15 is 0 Å². The largest absolute Gasteiger partial charge is 0.449 e. The molecule has 0 unspecified atom stereocenters. The molecular weight excluding hydrogens is 386 g/mol. The molecule has 1 saturated heterocycles. The number of likely N-dealkylation sites (N-methyl/N-ethyl adjacent to an activating group) is 1. The van der Waals surface area contributed by atoms with Gasteiger partial charge in [-0.15, -0.1) is 0 Å². The van der Waals surface area contributed by atoms with Crippen molar-refractivity contribution in [2.24, 2.45) is 0 Å². The van der Waals surface area contributed by atoms with Gasteiger partial charge in [-0.25, -0.2) is 4.79 Å². The van der Waals surface area contributed by atoms with Crippen LogP contribution in [0.4, 0.5) is 5.69 Å². The molecule has 1 heterocycles. The molecule has 0 radical (unpaired) electrons. The first-order chi connectivity index (χ1) is 14.3. The number of ether oxygens (including phenoxy) is 1. The van der Waals surface area contributed by atoms with E-state index in [-0.39, 0.29) is 30.2 Å². The zero-order chi connectivity index (χ0) is 21.9. The molecule has 0 bridgehead atoms. The Morgan fingerprint density at radius 1 is 1.10 bits per heavy atom. The summed E-state index contributed by atoms with van der Waals surface area (Å²) in [5.41, 5.74) is -0.254. The highest BCUT2D eigenvalue weighted by Crippen LogP contribution is 2.33. The van der Waals surface area contributed by atoms with Crippen LogP contribution in [0.25, 0.3) is 0 Å². The van der Waals surface area contributed by atoms with Crippen LogP contribution in [0, 0.1) is 11.3 Å². The van der Waals surface area contributed by atoms with Gasteiger partial charge in [0.05, 0.1) is 17.3 Å². The number of carbonyl (C=O) groups excluding carboxylic acids is 4. The third-order valence-electron chi connectivity index (χ3n) is 5.91. The van der Waals surface area contributed by atoms with E-state index in [4.69, 9.17) is 4.74 Å². The predicted octanol–water partition coefficient (Wildman–Crippen LogP) is 2.57. The lowest BCUT2D eigenvalue weighted by molar-refractivity contribution is -0.143. The zero-order valence-corrected chi connectivity index (χ0v) is 17.2. The van der Waals surface area contributed by atoms with Gasteiger partial charge in [0, 0.05) is 19.9 Å². The van der Waals surface area contributed by atoms with Crippen LogP contribution in [0.2, 0.25) is 0 Å². The summed E-state index contributed by atoms with van der Waals surface area (Å²) < 4.78 is 5.32. The highest BCUT2D eigenvalue weighted by molar-refractivity contribution is 6.19. The van der Waals surface area contributed by atoms with E-state index in [0.29, 0.717) is 18.5 Å². The summed E-state index contributed by atoms with van der Waals surface area (Å²) in [7, 11) is 1.58. The molecular formula is C22H25N3O5. The van der Waals surface area contributed by atoms with Crippen molar-refractivity contribution >= 4 is 29.4 Å². The van der Waals surface area contributed by atoms with Crippen LogP contribution < -0.4 is 4.90 Å². The van der Waals surface area contributed by atoms with Gasteiger partial charge in [0.15, 0.2) is 6.10 Å². The molecule has 1 aromatic carbocycles. The number of hydrogen-bond acceptors (Lipinski definition) is 6. The van der Waals surface area contributed by atoms with Gasteiger partial charge in [-0.1, -0.05) is 19.3 Å². The molecule has 3 rings (SSSR count). The van der Waals surface area contributed by atoms with Crippen LogP contribution in [0.1, 0.15) is 62.2 Å². The standard InChI is InChI=1S/C22H25N3O5/c1-15(20(28)24(2)22(14-23)12-4-3-5-13-22)30-21(29)16-6-8-17(9-7-16)25-18(26)10-11-19(25)27/h6-9,15H,3-5,10-13H2,1-2H3/t15-/m1/s1. The molecule has 2 aliphatic rings. The topological polar surface area (TPSA) is 108 Å². The van der Waals surface area contributed by atoms with Crippen LogP contribution >= 0.6 is 0 Å². The molecule has 2 fully saturated rings. The number of rotatable bonds is 5. The van der Waals surface area contributed by atoms with Gasteiger partial charge in [0.25, 0.3) is 5.91 Å².